The van der Waals surface area contributed by atoms with Gasteiger partial charge in [-0.05, 0) is 55.4 Å². The minimum atomic E-state index is 0.761. The maximum atomic E-state index is 5.53. The van der Waals surface area contributed by atoms with Crippen molar-refractivity contribution in [1.82, 2.24) is 0 Å². The van der Waals surface area contributed by atoms with Gasteiger partial charge in [-0.1, -0.05) is 49.9 Å². The summed E-state index contributed by atoms with van der Waals surface area (Å²) < 4.78 is 0. The third-order valence-electron chi connectivity index (χ3n) is 4.36. The van der Waals surface area contributed by atoms with Gasteiger partial charge in [0.25, 0.3) is 0 Å². The van der Waals surface area contributed by atoms with Gasteiger partial charge in [-0.15, -0.1) is 0 Å². The van der Waals surface area contributed by atoms with Crippen molar-refractivity contribution in [2.45, 2.75) is 44.9 Å². The van der Waals surface area contributed by atoms with Crippen LogP contribution in [0, 0.1) is 18.4 Å². The molecule has 0 heterocycles. The molecular weight excluding hydrogens is 204 g/mol. The summed E-state index contributed by atoms with van der Waals surface area (Å²) in [5.41, 5.74) is 1.53. The molecule has 1 radical (unpaired) electrons. The maximum Gasteiger partial charge on any atom is -0.0162 e. The van der Waals surface area contributed by atoms with Gasteiger partial charge in [0.2, 0.25) is 0 Å². The van der Waals surface area contributed by atoms with E-state index >= 15 is 0 Å². The Morgan fingerprint density at radius 2 is 1.82 bits per heavy atom. The van der Waals surface area contributed by atoms with Crippen molar-refractivity contribution in [3.8, 4) is 0 Å². The highest BCUT2D eigenvalue weighted by Gasteiger charge is 2.25. The molecule has 0 spiro atoms. The molecule has 0 bridgehead atoms. The SMILES string of the molecule is [CH]=CCC(C)C1CCC(c2ccccc2)CC1. The molecule has 0 aromatic heterocycles. The van der Waals surface area contributed by atoms with Crippen molar-refractivity contribution in [3.63, 3.8) is 0 Å². The Hall–Kier alpha value is -1.04. The lowest BCUT2D eigenvalue weighted by Crippen LogP contribution is -2.19. The standard InChI is InChI=1S/C17H23/c1-3-7-14(2)15-10-12-17(13-11-15)16-8-5-4-6-9-16/h1,3-6,8-9,14-15,17H,7,10-13H2,2H3. The van der Waals surface area contributed by atoms with E-state index in [1.807, 2.05) is 6.08 Å². The predicted octanol–water partition coefficient (Wildman–Crippen LogP) is 4.98. The highest BCUT2D eigenvalue weighted by molar-refractivity contribution is 5.19. The van der Waals surface area contributed by atoms with Crippen LogP contribution in [-0.4, -0.2) is 0 Å². The first-order chi connectivity index (χ1) is 8.31. The van der Waals surface area contributed by atoms with Gasteiger partial charge in [-0.25, -0.2) is 0 Å². The lowest BCUT2D eigenvalue weighted by Gasteiger charge is -2.32. The average Bonchev–Trinajstić information content (AvgIpc) is 2.40. The fraction of sp³-hybridized carbons (Fsp3) is 0.529. The highest BCUT2D eigenvalue weighted by atomic mass is 14.3. The third-order valence-corrected chi connectivity index (χ3v) is 4.36. The van der Waals surface area contributed by atoms with E-state index in [9.17, 15) is 0 Å². The Labute approximate surface area is 106 Å². The topological polar surface area (TPSA) is 0 Å². The van der Waals surface area contributed by atoms with Gasteiger partial charge in [0.1, 0.15) is 0 Å². The van der Waals surface area contributed by atoms with Crippen molar-refractivity contribution in [1.29, 1.82) is 0 Å². The summed E-state index contributed by atoms with van der Waals surface area (Å²) in [4.78, 5) is 0. The molecule has 0 amide bonds. The second-order valence-corrected chi connectivity index (χ2v) is 5.47. The number of hydrogen-bond donors (Lipinski definition) is 0. The molecule has 0 aliphatic heterocycles. The van der Waals surface area contributed by atoms with Crippen LogP contribution in [0.3, 0.4) is 0 Å². The van der Waals surface area contributed by atoms with E-state index in [-0.39, 0.29) is 0 Å². The number of hydrogen-bond acceptors (Lipinski definition) is 0. The fourth-order valence-electron chi connectivity index (χ4n) is 3.15. The van der Waals surface area contributed by atoms with E-state index in [1.54, 1.807) is 0 Å². The van der Waals surface area contributed by atoms with Crippen LogP contribution in [-0.2, 0) is 0 Å². The first-order valence-corrected chi connectivity index (χ1v) is 6.89. The molecule has 1 aliphatic rings. The lowest BCUT2D eigenvalue weighted by atomic mass is 9.73. The second-order valence-electron chi connectivity index (χ2n) is 5.47. The smallest absolute Gasteiger partial charge is 0.0162 e. The Morgan fingerprint density at radius 3 is 2.41 bits per heavy atom. The molecule has 1 aliphatic carbocycles. The van der Waals surface area contributed by atoms with Crippen LogP contribution >= 0.6 is 0 Å². The van der Waals surface area contributed by atoms with Gasteiger partial charge in [0, 0.05) is 0 Å². The van der Waals surface area contributed by atoms with Crippen molar-refractivity contribution in [2.24, 2.45) is 11.8 Å². The summed E-state index contributed by atoms with van der Waals surface area (Å²) in [5.74, 6) is 2.44. The lowest BCUT2D eigenvalue weighted by molar-refractivity contribution is 0.246. The molecule has 1 atom stereocenters. The normalized spacial score (nSPS) is 26.4. The molecule has 1 fully saturated rings. The van der Waals surface area contributed by atoms with E-state index in [4.69, 9.17) is 6.58 Å². The minimum Gasteiger partial charge on any atom is -0.0843 e. The molecule has 0 heteroatoms. The minimum absolute atomic E-state index is 0.761. The van der Waals surface area contributed by atoms with E-state index in [0.717, 1.165) is 24.2 Å². The molecular formula is C17H23. The van der Waals surface area contributed by atoms with Crippen molar-refractivity contribution >= 4 is 0 Å². The van der Waals surface area contributed by atoms with E-state index in [1.165, 1.54) is 31.2 Å². The van der Waals surface area contributed by atoms with Gasteiger partial charge in [0.15, 0.2) is 0 Å². The molecule has 2 rings (SSSR count). The Morgan fingerprint density at radius 1 is 1.18 bits per heavy atom. The molecule has 17 heavy (non-hydrogen) atoms. The third kappa shape index (κ3) is 3.21. The molecule has 0 saturated heterocycles. The molecule has 91 valence electrons. The van der Waals surface area contributed by atoms with Gasteiger partial charge >= 0.3 is 0 Å². The van der Waals surface area contributed by atoms with Crippen molar-refractivity contribution in [2.75, 3.05) is 0 Å². The largest absolute Gasteiger partial charge is 0.0843 e. The first-order valence-electron chi connectivity index (χ1n) is 6.89. The van der Waals surface area contributed by atoms with E-state index in [2.05, 4.69) is 37.3 Å². The number of allylic oxidation sites excluding steroid dienone is 1. The summed E-state index contributed by atoms with van der Waals surface area (Å²) >= 11 is 0. The summed E-state index contributed by atoms with van der Waals surface area (Å²) in [6.45, 7) is 7.87. The molecule has 1 unspecified atom stereocenters. The predicted molar refractivity (Wildman–Crippen MR) is 73.8 cm³/mol. The van der Waals surface area contributed by atoms with Gasteiger partial charge < -0.3 is 0 Å². The van der Waals surface area contributed by atoms with Crippen molar-refractivity contribution in [3.05, 3.63) is 48.6 Å². The van der Waals surface area contributed by atoms with Gasteiger partial charge in [-0.3, -0.25) is 0 Å². The van der Waals surface area contributed by atoms with E-state index in [0.29, 0.717) is 0 Å². The molecule has 1 saturated carbocycles. The maximum absolute atomic E-state index is 5.53. The Bertz CT molecular complexity index is 330. The highest BCUT2D eigenvalue weighted by Crippen LogP contribution is 2.39. The average molecular weight is 227 g/mol. The molecule has 0 nitrogen and oxygen atoms in total. The summed E-state index contributed by atoms with van der Waals surface area (Å²) in [6.07, 6.45) is 8.34. The monoisotopic (exact) mass is 227 g/mol. The Balaban J connectivity index is 1.88. The summed E-state index contributed by atoms with van der Waals surface area (Å²) in [5, 5.41) is 0. The Kier molecular flexibility index (Phi) is 4.42. The van der Waals surface area contributed by atoms with Crippen LogP contribution in [0.15, 0.2) is 36.4 Å². The van der Waals surface area contributed by atoms with Crippen LogP contribution in [0.5, 0.6) is 0 Å². The van der Waals surface area contributed by atoms with Gasteiger partial charge in [0.05, 0.1) is 0 Å². The molecule has 1 aromatic rings. The van der Waals surface area contributed by atoms with E-state index < -0.39 is 0 Å². The van der Waals surface area contributed by atoms with Gasteiger partial charge in [-0.2, -0.15) is 0 Å². The molecule has 0 N–H and O–H groups in total. The van der Waals surface area contributed by atoms with Crippen LogP contribution in [0.1, 0.15) is 50.5 Å². The number of rotatable bonds is 4. The fourth-order valence-corrected chi connectivity index (χ4v) is 3.15. The number of benzene rings is 1. The zero-order valence-corrected chi connectivity index (χ0v) is 10.8. The van der Waals surface area contributed by atoms with Crippen LogP contribution in [0.25, 0.3) is 0 Å². The van der Waals surface area contributed by atoms with Crippen molar-refractivity contribution < 1.29 is 0 Å². The van der Waals surface area contributed by atoms with Crippen LogP contribution in [0.2, 0.25) is 0 Å². The summed E-state index contributed by atoms with van der Waals surface area (Å²) in [6, 6.07) is 11.0. The molecule has 1 aromatic carbocycles. The summed E-state index contributed by atoms with van der Waals surface area (Å²) in [7, 11) is 0. The zero-order valence-electron chi connectivity index (χ0n) is 10.8. The van der Waals surface area contributed by atoms with Crippen LogP contribution in [0.4, 0.5) is 0 Å². The second kappa shape index (κ2) is 6.05. The first kappa shape index (κ1) is 12.4. The zero-order chi connectivity index (χ0) is 12.1. The quantitative estimate of drug-likeness (QED) is 0.681. The van der Waals surface area contributed by atoms with Crippen LogP contribution < -0.4 is 0 Å².